The van der Waals surface area contributed by atoms with Crippen molar-refractivity contribution in [2.24, 2.45) is 0 Å². The van der Waals surface area contributed by atoms with Gasteiger partial charge in [0.1, 0.15) is 17.2 Å². The molecule has 0 aromatic heterocycles. The molecule has 0 fully saturated rings. The smallest absolute Gasteiger partial charge is 0.122 e. The minimum absolute atomic E-state index is 0.255. The molecule has 0 aliphatic carbocycles. The molecular formula is C29H36O3. The Bertz CT molecular complexity index is 974. The van der Waals surface area contributed by atoms with E-state index in [1.165, 1.54) is 16.7 Å². The number of aryl methyl sites for hydroxylation is 3. The van der Waals surface area contributed by atoms with Gasteiger partial charge < -0.3 is 15.3 Å². The molecule has 3 nitrogen and oxygen atoms in total. The Balaban J connectivity index is 1.99. The van der Waals surface area contributed by atoms with Crippen molar-refractivity contribution in [1.29, 1.82) is 0 Å². The van der Waals surface area contributed by atoms with Crippen LogP contribution in [0.4, 0.5) is 0 Å². The number of hydrogen-bond donors (Lipinski definition) is 3. The first-order valence-electron chi connectivity index (χ1n) is 11.9. The maximum absolute atomic E-state index is 11.2. The normalized spacial score (nSPS) is 11.1. The monoisotopic (exact) mass is 432 g/mol. The number of phenolic OH excluding ortho intramolecular Hbond substituents is 3. The number of rotatable bonds is 10. The van der Waals surface area contributed by atoms with Crippen LogP contribution < -0.4 is 0 Å². The van der Waals surface area contributed by atoms with Crippen LogP contribution in [-0.4, -0.2) is 15.3 Å². The predicted octanol–water partition coefficient (Wildman–Crippen LogP) is 6.84. The largest absolute Gasteiger partial charge is 0.508 e. The van der Waals surface area contributed by atoms with Gasteiger partial charge in [0.15, 0.2) is 0 Å². The first kappa shape index (κ1) is 23.7. The van der Waals surface area contributed by atoms with Crippen LogP contribution in [0.25, 0.3) is 0 Å². The van der Waals surface area contributed by atoms with Gasteiger partial charge >= 0.3 is 0 Å². The lowest BCUT2D eigenvalue weighted by Crippen LogP contribution is -2.00. The van der Waals surface area contributed by atoms with E-state index in [-0.39, 0.29) is 17.2 Å². The topological polar surface area (TPSA) is 60.7 Å². The number of phenols is 3. The molecule has 170 valence electrons. The minimum atomic E-state index is 0.255. The Kier molecular flexibility index (Phi) is 8.21. The Morgan fingerprint density at radius 3 is 1.28 bits per heavy atom. The highest BCUT2D eigenvalue weighted by molar-refractivity contribution is 5.51. The fraction of sp³-hybridized carbons (Fsp3) is 0.379. The van der Waals surface area contributed by atoms with Crippen molar-refractivity contribution >= 4 is 0 Å². The Labute approximate surface area is 192 Å². The molecule has 0 heterocycles. The second kappa shape index (κ2) is 11.1. The molecule has 0 saturated carbocycles. The molecule has 0 aliphatic rings. The molecule has 0 atom stereocenters. The highest BCUT2D eigenvalue weighted by Crippen LogP contribution is 2.33. The molecule has 3 rings (SSSR count). The van der Waals surface area contributed by atoms with E-state index in [2.05, 4.69) is 32.9 Å². The Morgan fingerprint density at radius 2 is 0.875 bits per heavy atom. The second-order valence-electron chi connectivity index (χ2n) is 8.79. The zero-order valence-corrected chi connectivity index (χ0v) is 19.6. The lowest BCUT2D eigenvalue weighted by atomic mass is 9.92. The van der Waals surface area contributed by atoms with Crippen molar-refractivity contribution in [2.45, 2.75) is 72.1 Å². The third kappa shape index (κ3) is 5.85. The van der Waals surface area contributed by atoms with E-state index in [0.29, 0.717) is 12.8 Å². The minimum Gasteiger partial charge on any atom is -0.508 e. The summed E-state index contributed by atoms with van der Waals surface area (Å²) in [5.74, 6) is 0.777. The van der Waals surface area contributed by atoms with Gasteiger partial charge in [-0.25, -0.2) is 0 Å². The van der Waals surface area contributed by atoms with E-state index in [9.17, 15) is 15.3 Å². The second-order valence-corrected chi connectivity index (χ2v) is 8.79. The summed E-state index contributed by atoms with van der Waals surface area (Å²) in [6.07, 6.45) is 6.91. The van der Waals surface area contributed by atoms with Gasteiger partial charge in [0.2, 0.25) is 0 Å². The van der Waals surface area contributed by atoms with E-state index in [1.54, 1.807) is 12.1 Å². The number of hydrogen-bond acceptors (Lipinski definition) is 3. The number of benzene rings is 3. The summed E-state index contributed by atoms with van der Waals surface area (Å²) in [6.45, 7) is 6.43. The van der Waals surface area contributed by atoms with Crippen molar-refractivity contribution in [3.05, 3.63) is 87.5 Å². The summed E-state index contributed by atoms with van der Waals surface area (Å²) < 4.78 is 0. The number of aromatic hydroxyl groups is 3. The maximum Gasteiger partial charge on any atom is 0.122 e. The van der Waals surface area contributed by atoms with Crippen LogP contribution in [0.2, 0.25) is 0 Å². The van der Waals surface area contributed by atoms with Crippen LogP contribution >= 0.6 is 0 Å². The van der Waals surface area contributed by atoms with E-state index < -0.39 is 0 Å². The molecule has 0 saturated heterocycles. The molecule has 0 aliphatic heterocycles. The third-order valence-corrected chi connectivity index (χ3v) is 5.99. The highest BCUT2D eigenvalue weighted by atomic mass is 16.3. The summed E-state index contributed by atoms with van der Waals surface area (Å²) in [5, 5.41) is 32.0. The molecule has 0 radical (unpaired) electrons. The predicted molar refractivity (Wildman–Crippen MR) is 132 cm³/mol. The summed E-state index contributed by atoms with van der Waals surface area (Å²) in [4.78, 5) is 0. The molecule has 0 bridgehead atoms. The van der Waals surface area contributed by atoms with Crippen LogP contribution in [0.15, 0.2) is 48.5 Å². The van der Waals surface area contributed by atoms with Gasteiger partial charge in [0, 0.05) is 12.8 Å². The zero-order chi connectivity index (χ0) is 23.1. The highest BCUT2D eigenvalue weighted by Gasteiger charge is 2.15. The first-order valence-corrected chi connectivity index (χ1v) is 11.9. The molecule has 3 heteroatoms. The lowest BCUT2D eigenvalue weighted by Gasteiger charge is -2.16. The molecule has 0 spiro atoms. The SMILES string of the molecule is CCCc1ccc(O)c(Cc2cc(CCC)cc(Cc3cc(CCC)ccc3O)c2O)c1. The average Bonchev–Trinajstić information content (AvgIpc) is 2.76. The maximum atomic E-state index is 11.2. The summed E-state index contributed by atoms with van der Waals surface area (Å²) in [7, 11) is 0. The van der Waals surface area contributed by atoms with Crippen molar-refractivity contribution in [3.63, 3.8) is 0 Å². The van der Waals surface area contributed by atoms with Crippen LogP contribution in [0.3, 0.4) is 0 Å². The summed E-state index contributed by atoms with van der Waals surface area (Å²) in [6, 6.07) is 15.6. The van der Waals surface area contributed by atoms with Gasteiger partial charge in [0.05, 0.1) is 0 Å². The Morgan fingerprint density at radius 1 is 0.500 bits per heavy atom. The summed E-state index contributed by atoms with van der Waals surface area (Å²) >= 11 is 0. The van der Waals surface area contributed by atoms with Crippen LogP contribution in [-0.2, 0) is 32.1 Å². The van der Waals surface area contributed by atoms with Crippen molar-refractivity contribution in [2.75, 3.05) is 0 Å². The lowest BCUT2D eigenvalue weighted by molar-refractivity contribution is 0.456. The van der Waals surface area contributed by atoms with Gasteiger partial charge in [-0.2, -0.15) is 0 Å². The van der Waals surface area contributed by atoms with Gasteiger partial charge in [0.25, 0.3) is 0 Å². The Hall–Kier alpha value is -2.94. The molecule has 3 aromatic carbocycles. The fourth-order valence-corrected chi connectivity index (χ4v) is 4.39. The molecular weight excluding hydrogens is 396 g/mol. The molecule has 0 unspecified atom stereocenters. The molecule has 32 heavy (non-hydrogen) atoms. The van der Waals surface area contributed by atoms with Crippen molar-refractivity contribution < 1.29 is 15.3 Å². The van der Waals surface area contributed by atoms with E-state index >= 15 is 0 Å². The zero-order valence-electron chi connectivity index (χ0n) is 19.6. The van der Waals surface area contributed by atoms with Crippen LogP contribution in [0.5, 0.6) is 17.2 Å². The van der Waals surface area contributed by atoms with Crippen LogP contribution in [0.1, 0.15) is 79.0 Å². The van der Waals surface area contributed by atoms with E-state index in [4.69, 9.17) is 0 Å². The van der Waals surface area contributed by atoms with Crippen molar-refractivity contribution in [1.82, 2.24) is 0 Å². The average molecular weight is 433 g/mol. The van der Waals surface area contributed by atoms with Crippen molar-refractivity contribution in [3.8, 4) is 17.2 Å². The van der Waals surface area contributed by atoms with Crippen LogP contribution in [0, 0.1) is 0 Å². The van der Waals surface area contributed by atoms with Gasteiger partial charge in [-0.05, 0) is 70.3 Å². The molecule has 0 amide bonds. The standard InChI is InChI=1S/C29H36O3/c1-4-7-20-10-12-27(30)23(14-20)18-25-16-22(9-6-3)17-26(29(25)32)19-24-15-21(8-5-2)11-13-28(24)31/h10-17,30-32H,4-9,18-19H2,1-3H3. The van der Waals surface area contributed by atoms with E-state index in [0.717, 1.165) is 60.8 Å². The van der Waals surface area contributed by atoms with E-state index in [1.807, 2.05) is 24.3 Å². The molecule has 3 N–H and O–H groups in total. The fourth-order valence-electron chi connectivity index (χ4n) is 4.39. The summed E-state index contributed by atoms with van der Waals surface area (Å²) in [5.41, 5.74) is 6.86. The molecule has 3 aromatic rings. The quantitative estimate of drug-likeness (QED) is 0.328. The van der Waals surface area contributed by atoms with Gasteiger partial charge in [-0.3, -0.25) is 0 Å². The third-order valence-electron chi connectivity index (χ3n) is 5.99. The first-order chi connectivity index (χ1) is 15.4. The van der Waals surface area contributed by atoms with Gasteiger partial charge in [-0.15, -0.1) is 0 Å². The van der Waals surface area contributed by atoms with Gasteiger partial charge in [-0.1, -0.05) is 76.4 Å².